The summed E-state index contributed by atoms with van der Waals surface area (Å²) in [7, 11) is 0. The summed E-state index contributed by atoms with van der Waals surface area (Å²) in [5.41, 5.74) is 1.30. The van der Waals surface area contributed by atoms with Gasteiger partial charge in [0.2, 0.25) is 0 Å². The fourth-order valence-electron chi connectivity index (χ4n) is 1.35. The van der Waals surface area contributed by atoms with Crippen molar-refractivity contribution in [3.8, 4) is 0 Å². The zero-order valence-electron chi connectivity index (χ0n) is 9.17. The molecule has 0 spiro atoms. The molecule has 1 aromatic carbocycles. The molecule has 6 heteroatoms. The minimum atomic E-state index is -4.12. The van der Waals surface area contributed by atoms with Crippen molar-refractivity contribution in [3.05, 3.63) is 28.0 Å². The van der Waals surface area contributed by atoms with Crippen molar-refractivity contribution in [2.24, 2.45) is 0 Å². The van der Waals surface area contributed by atoms with Crippen LogP contribution in [0.3, 0.4) is 0 Å². The Hall–Kier alpha value is -0.780. The Kier molecular flexibility index (Phi) is 4.80. The molecule has 1 nitrogen and oxygen atoms in total. The maximum absolute atomic E-state index is 13.1. The summed E-state index contributed by atoms with van der Waals surface area (Å²) < 4.78 is 49.1. The number of benzene rings is 1. The van der Waals surface area contributed by atoms with E-state index in [2.05, 4.69) is 21.2 Å². The molecule has 0 aliphatic heterocycles. The summed E-state index contributed by atoms with van der Waals surface area (Å²) in [6, 6.07) is 2.86. The molecular weight excluding hydrogens is 302 g/mol. The Morgan fingerprint density at radius 3 is 2.53 bits per heavy atom. The van der Waals surface area contributed by atoms with Gasteiger partial charge in [0.1, 0.15) is 5.82 Å². The third kappa shape index (κ3) is 4.93. The minimum Gasteiger partial charge on any atom is -0.385 e. The highest BCUT2D eigenvalue weighted by Gasteiger charge is 2.25. The van der Waals surface area contributed by atoms with E-state index in [4.69, 9.17) is 0 Å². The molecule has 0 fully saturated rings. The molecule has 1 N–H and O–H groups in total. The molecule has 0 saturated carbocycles. The van der Waals surface area contributed by atoms with Gasteiger partial charge in [-0.1, -0.05) is 0 Å². The molecule has 0 aliphatic carbocycles. The number of rotatable bonds is 4. The van der Waals surface area contributed by atoms with Crippen LogP contribution in [-0.2, 0) is 0 Å². The van der Waals surface area contributed by atoms with Crippen LogP contribution in [-0.4, -0.2) is 12.7 Å². The summed E-state index contributed by atoms with van der Waals surface area (Å²) in [6.45, 7) is 1.90. The Balaban J connectivity index is 2.50. The van der Waals surface area contributed by atoms with Crippen LogP contribution in [0.5, 0.6) is 0 Å². The molecule has 0 aliphatic rings. The first-order valence-corrected chi connectivity index (χ1v) is 5.85. The van der Waals surface area contributed by atoms with E-state index >= 15 is 0 Å². The lowest BCUT2D eigenvalue weighted by molar-refractivity contribution is -0.134. The SMILES string of the molecule is Cc1cc(F)c(Br)cc1NCCCC(F)(F)F. The molecule has 0 heterocycles. The van der Waals surface area contributed by atoms with Gasteiger partial charge >= 0.3 is 6.18 Å². The summed E-state index contributed by atoms with van der Waals surface area (Å²) in [5, 5.41) is 2.86. The second-order valence-electron chi connectivity index (χ2n) is 3.73. The van der Waals surface area contributed by atoms with Gasteiger partial charge in [0, 0.05) is 18.7 Å². The van der Waals surface area contributed by atoms with E-state index in [9.17, 15) is 17.6 Å². The number of alkyl halides is 3. The fourth-order valence-corrected chi connectivity index (χ4v) is 1.69. The Bertz CT molecular complexity index is 390. The first-order valence-electron chi connectivity index (χ1n) is 5.06. The zero-order chi connectivity index (χ0) is 13.1. The van der Waals surface area contributed by atoms with Crippen LogP contribution >= 0.6 is 15.9 Å². The molecular formula is C11H12BrF4N. The maximum atomic E-state index is 13.1. The summed E-state index contributed by atoms with van der Waals surface area (Å²) >= 11 is 3.03. The van der Waals surface area contributed by atoms with Crippen LogP contribution in [0.15, 0.2) is 16.6 Å². The lowest BCUT2D eigenvalue weighted by atomic mass is 10.2. The van der Waals surface area contributed by atoms with Crippen LogP contribution < -0.4 is 5.32 Å². The van der Waals surface area contributed by atoms with E-state index in [1.54, 1.807) is 6.92 Å². The topological polar surface area (TPSA) is 12.0 Å². The molecule has 1 rings (SSSR count). The lowest BCUT2D eigenvalue weighted by Crippen LogP contribution is -2.11. The maximum Gasteiger partial charge on any atom is 0.389 e. The Labute approximate surface area is 105 Å². The predicted molar refractivity (Wildman–Crippen MR) is 62.6 cm³/mol. The van der Waals surface area contributed by atoms with Gasteiger partial charge in [-0.15, -0.1) is 0 Å². The second kappa shape index (κ2) is 5.71. The van der Waals surface area contributed by atoms with Crippen molar-refractivity contribution in [1.82, 2.24) is 0 Å². The normalized spacial score (nSPS) is 11.6. The Morgan fingerprint density at radius 2 is 1.94 bits per heavy atom. The molecule has 0 amide bonds. The van der Waals surface area contributed by atoms with E-state index in [1.165, 1.54) is 12.1 Å². The Morgan fingerprint density at radius 1 is 1.29 bits per heavy atom. The molecule has 96 valence electrons. The first kappa shape index (κ1) is 14.3. The van der Waals surface area contributed by atoms with Gasteiger partial charge in [0.05, 0.1) is 4.47 Å². The smallest absolute Gasteiger partial charge is 0.385 e. The van der Waals surface area contributed by atoms with E-state index in [1.807, 2.05) is 0 Å². The molecule has 1 aromatic rings. The van der Waals surface area contributed by atoms with Gasteiger partial charge in [0.25, 0.3) is 0 Å². The van der Waals surface area contributed by atoms with Crippen molar-refractivity contribution in [2.75, 3.05) is 11.9 Å². The van der Waals surface area contributed by atoms with Crippen molar-refractivity contribution >= 4 is 21.6 Å². The standard InChI is InChI=1S/C11H12BrF4N/c1-7-5-9(13)8(12)6-10(7)17-4-2-3-11(14,15)16/h5-6,17H,2-4H2,1H3. The van der Waals surface area contributed by atoms with E-state index in [-0.39, 0.29) is 18.8 Å². The number of nitrogens with one attached hydrogen (secondary N) is 1. The summed E-state index contributed by atoms with van der Waals surface area (Å²) in [4.78, 5) is 0. The lowest BCUT2D eigenvalue weighted by Gasteiger charge is -2.11. The monoisotopic (exact) mass is 313 g/mol. The van der Waals surface area contributed by atoms with E-state index in [0.717, 1.165) is 0 Å². The molecule has 0 unspecified atom stereocenters. The quantitative estimate of drug-likeness (QED) is 0.630. The number of aryl methyl sites for hydroxylation is 1. The van der Waals surface area contributed by atoms with Crippen LogP contribution in [0.1, 0.15) is 18.4 Å². The predicted octanol–water partition coefficient (Wildman–Crippen LogP) is 4.65. The highest BCUT2D eigenvalue weighted by atomic mass is 79.9. The van der Waals surface area contributed by atoms with Gasteiger partial charge < -0.3 is 5.32 Å². The van der Waals surface area contributed by atoms with Crippen LogP contribution in [0.4, 0.5) is 23.2 Å². The minimum absolute atomic E-state index is 0.00205. The van der Waals surface area contributed by atoms with Crippen LogP contribution in [0.2, 0.25) is 0 Å². The zero-order valence-corrected chi connectivity index (χ0v) is 10.8. The third-order valence-electron chi connectivity index (χ3n) is 2.22. The molecule has 0 radical (unpaired) electrons. The molecule has 17 heavy (non-hydrogen) atoms. The highest BCUT2D eigenvalue weighted by Crippen LogP contribution is 2.25. The molecule has 0 saturated heterocycles. The van der Waals surface area contributed by atoms with Crippen molar-refractivity contribution in [3.63, 3.8) is 0 Å². The summed E-state index contributed by atoms with van der Waals surface area (Å²) in [6.07, 6.45) is -4.94. The highest BCUT2D eigenvalue weighted by molar-refractivity contribution is 9.10. The van der Waals surface area contributed by atoms with Gasteiger partial charge in [-0.25, -0.2) is 4.39 Å². The fraction of sp³-hybridized carbons (Fsp3) is 0.455. The summed E-state index contributed by atoms with van der Waals surface area (Å²) in [5.74, 6) is -0.386. The number of hydrogen-bond donors (Lipinski definition) is 1. The van der Waals surface area contributed by atoms with E-state index < -0.39 is 12.6 Å². The number of halogens is 5. The van der Waals surface area contributed by atoms with Crippen molar-refractivity contribution in [2.45, 2.75) is 25.9 Å². The molecule has 0 bridgehead atoms. The average molecular weight is 314 g/mol. The molecule has 0 aromatic heterocycles. The van der Waals surface area contributed by atoms with E-state index in [0.29, 0.717) is 15.7 Å². The number of anilines is 1. The van der Waals surface area contributed by atoms with Crippen molar-refractivity contribution < 1.29 is 17.6 Å². The second-order valence-corrected chi connectivity index (χ2v) is 4.58. The van der Waals surface area contributed by atoms with Gasteiger partial charge in [-0.05, 0) is 47.0 Å². The average Bonchev–Trinajstić information content (AvgIpc) is 2.18. The van der Waals surface area contributed by atoms with Gasteiger partial charge in [0.15, 0.2) is 0 Å². The van der Waals surface area contributed by atoms with Gasteiger partial charge in [-0.3, -0.25) is 0 Å². The van der Waals surface area contributed by atoms with Gasteiger partial charge in [-0.2, -0.15) is 13.2 Å². The third-order valence-corrected chi connectivity index (χ3v) is 2.83. The van der Waals surface area contributed by atoms with Crippen molar-refractivity contribution in [1.29, 1.82) is 0 Å². The molecule has 0 atom stereocenters. The first-order chi connectivity index (χ1) is 7.79. The van der Waals surface area contributed by atoms with Crippen LogP contribution in [0, 0.1) is 12.7 Å². The number of hydrogen-bond acceptors (Lipinski definition) is 1. The van der Waals surface area contributed by atoms with Crippen LogP contribution in [0.25, 0.3) is 0 Å². The largest absolute Gasteiger partial charge is 0.389 e.